The minimum Gasteiger partial charge on any atom is -0.484 e. The van der Waals surface area contributed by atoms with Gasteiger partial charge in [0.05, 0.1) is 0 Å². The van der Waals surface area contributed by atoms with E-state index in [0.29, 0.717) is 12.3 Å². The lowest BCUT2D eigenvalue weighted by Gasteiger charge is -2.08. The Morgan fingerprint density at radius 1 is 1.17 bits per heavy atom. The molecule has 3 aromatic rings. The van der Waals surface area contributed by atoms with Crippen LogP contribution >= 0.6 is 11.3 Å². The molecule has 2 heterocycles. The fraction of sp³-hybridized carbons (Fsp3) is 0.0769. The number of ether oxygens (including phenoxy) is 1. The maximum Gasteiger partial charge on any atom is 0.146 e. The van der Waals surface area contributed by atoms with E-state index in [1.54, 1.807) is 23.7 Å². The summed E-state index contributed by atoms with van der Waals surface area (Å²) in [6.45, 7) is 0.452. The van der Waals surface area contributed by atoms with Crippen molar-refractivity contribution in [2.24, 2.45) is 0 Å². The molecule has 0 bridgehead atoms. The summed E-state index contributed by atoms with van der Waals surface area (Å²) in [6.07, 6.45) is 3.50. The minimum absolute atomic E-state index is 0.452. The second-order valence-electron chi connectivity index (χ2n) is 3.77. The van der Waals surface area contributed by atoms with Gasteiger partial charge in [0.1, 0.15) is 22.9 Å². The Labute approximate surface area is 108 Å². The lowest BCUT2D eigenvalue weighted by molar-refractivity contribution is 0.309. The van der Waals surface area contributed by atoms with Crippen molar-refractivity contribution < 1.29 is 4.74 Å². The molecule has 0 aliphatic heterocycles. The first-order chi connectivity index (χ1) is 8.84. The number of benzene rings is 1. The molecule has 0 unspecified atom stereocenters. The smallest absolute Gasteiger partial charge is 0.146 e. The number of rotatable bonds is 3. The van der Waals surface area contributed by atoms with E-state index < -0.39 is 0 Å². The standard InChI is InChI=1S/C13H11N3OS/c14-10-3-4-11(13-9(10)2-1-5-16-13)17-8-12-15-6-7-18-12/h1-7H,8,14H2. The molecule has 0 amide bonds. The summed E-state index contributed by atoms with van der Waals surface area (Å²) < 4.78 is 5.75. The third-order valence-electron chi connectivity index (χ3n) is 2.60. The number of fused-ring (bicyclic) bond motifs is 1. The van der Waals surface area contributed by atoms with Gasteiger partial charge in [-0.05, 0) is 24.3 Å². The van der Waals surface area contributed by atoms with E-state index in [1.165, 1.54) is 0 Å². The zero-order chi connectivity index (χ0) is 12.4. The van der Waals surface area contributed by atoms with Crippen LogP contribution in [0, 0.1) is 0 Å². The zero-order valence-electron chi connectivity index (χ0n) is 9.54. The number of thiazole rings is 1. The fourth-order valence-corrected chi connectivity index (χ4v) is 2.28. The number of anilines is 1. The van der Waals surface area contributed by atoms with Crippen molar-refractivity contribution >= 4 is 27.9 Å². The van der Waals surface area contributed by atoms with Gasteiger partial charge in [0.2, 0.25) is 0 Å². The molecule has 0 aliphatic carbocycles. The number of pyridine rings is 1. The minimum atomic E-state index is 0.452. The largest absolute Gasteiger partial charge is 0.484 e. The highest BCUT2D eigenvalue weighted by Crippen LogP contribution is 2.28. The Bertz CT molecular complexity index is 667. The first kappa shape index (κ1) is 11.0. The van der Waals surface area contributed by atoms with Gasteiger partial charge in [0.15, 0.2) is 0 Å². The summed E-state index contributed by atoms with van der Waals surface area (Å²) in [5.74, 6) is 0.731. The van der Waals surface area contributed by atoms with Crippen LogP contribution in [0.15, 0.2) is 42.0 Å². The molecule has 0 atom stereocenters. The molecule has 0 spiro atoms. The third kappa shape index (κ3) is 2.00. The molecular weight excluding hydrogens is 246 g/mol. The van der Waals surface area contributed by atoms with E-state index in [-0.39, 0.29) is 0 Å². The van der Waals surface area contributed by atoms with Crippen molar-refractivity contribution in [2.45, 2.75) is 6.61 Å². The highest BCUT2D eigenvalue weighted by molar-refractivity contribution is 7.09. The number of hydrogen-bond acceptors (Lipinski definition) is 5. The molecule has 2 aromatic heterocycles. The van der Waals surface area contributed by atoms with Crippen LogP contribution in [0.4, 0.5) is 5.69 Å². The summed E-state index contributed by atoms with van der Waals surface area (Å²) in [5, 5.41) is 3.78. The molecule has 18 heavy (non-hydrogen) atoms. The molecule has 90 valence electrons. The van der Waals surface area contributed by atoms with Crippen molar-refractivity contribution in [2.75, 3.05) is 5.73 Å². The lowest BCUT2D eigenvalue weighted by atomic mass is 10.2. The molecule has 0 aliphatic rings. The van der Waals surface area contributed by atoms with Gasteiger partial charge in [-0.1, -0.05) is 0 Å². The monoisotopic (exact) mass is 257 g/mol. The summed E-state index contributed by atoms with van der Waals surface area (Å²) in [7, 11) is 0. The molecule has 5 heteroatoms. The number of aromatic nitrogens is 2. The van der Waals surface area contributed by atoms with Gasteiger partial charge in [-0.2, -0.15) is 0 Å². The van der Waals surface area contributed by atoms with Crippen molar-refractivity contribution in [1.82, 2.24) is 9.97 Å². The summed E-state index contributed by atoms with van der Waals surface area (Å²) >= 11 is 1.57. The Hall–Kier alpha value is -2.14. The van der Waals surface area contributed by atoms with E-state index in [0.717, 1.165) is 21.7 Å². The Morgan fingerprint density at radius 2 is 2.11 bits per heavy atom. The van der Waals surface area contributed by atoms with Crippen LogP contribution in [0.25, 0.3) is 10.9 Å². The van der Waals surface area contributed by atoms with Gasteiger partial charge in [-0.3, -0.25) is 4.98 Å². The maximum atomic E-state index is 5.91. The summed E-state index contributed by atoms with van der Waals surface area (Å²) in [6, 6.07) is 7.48. The predicted octanol–water partition coefficient (Wildman–Crippen LogP) is 2.85. The van der Waals surface area contributed by atoms with Crippen LogP contribution in [-0.2, 0) is 6.61 Å². The van der Waals surface area contributed by atoms with Crippen LogP contribution in [0.3, 0.4) is 0 Å². The normalized spacial score (nSPS) is 10.7. The van der Waals surface area contributed by atoms with E-state index in [9.17, 15) is 0 Å². The van der Waals surface area contributed by atoms with Gasteiger partial charge in [-0.15, -0.1) is 11.3 Å². The van der Waals surface area contributed by atoms with Crippen LogP contribution in [-0.4, -0.2) is 9.97 Å². The topological polar surface area (TPSA) is 61.0 Å². The van der Waals surface area contributed by atoms with Crippen molar-refractivity contribution in [3.05, 3.63) is 47.0 Å². The average Bonchev–Trinajstić information content (AvgIpc) is 2.92. The maximum absolute atomic E-state index is 5.91. The van der Waals surface area contributed by atoms with Crippen LogP contribution in [0.2, 0.25) is 0 Å². The van der Waals surface area contributed by atoms with Crippen LogP contribution < -0.4 is 10.5 Å². The highest BCUT2D eigenvalue weighted by Gasteiger charge is 2.06. The van der Waals surface area contributed by atoms with Crippen LogP contribution in [0.1, 0.15) is 5.01 Å². The fourth-order valence-electron chi connectivity index (χ4n) is 1.75. The molecule has 3 rings (SSSR count). The van der Waals surface area contributed by atoms with Crippen molar-refractivity contribution in [3.63, 3.8) is 0 Å². The van der Waals surface area contributed by atoms with Gasteiger partial charge < -0.3 is 10.5 Å². The Morgan fingerprint density at radius 3 is 2.94 bits per heavy atom. The molecule has 0 fully saturated rings. The molecule has 4 nitrogen and oxygen atoms in total. The van der Waals surface area contributed by atoms with Gasteiger partial charge >= 0.3 is 0 Å². The lowest BCUT2D eigenvalue weighted by Crippen LogP contribution is -1.97. The molecular formula is C13H11N3OS. The number of nitrogens with two attached hydrogens (primary N) is 1. The highest BCUT2D eigenvalue weighted by atomic mass is 32.1. The molecule has 1 aromatic carbocycles. The quantitative estimate of drug-likeness (QED) is 0.733. The zero-order valence-corrected chi connectivity index (χ0v) is 10.4. The number of nitrogens with zero attached hydrogens (tertiary/aromatic N) is 2. The summed E-state index contributed by atoms with van der Waals surface area (Å²) in [4.78, 5) is 8.50. The number of hydrogen-bond donors (Lipinski definition) is 1. The molecule has 2 N–H and O–H groups in total. The summed E-state index contributed by atoms with van der Waals surface area (Å²) in [5.41, 5.74) is 7.40. The van der Waals surface area contributed by atoms with E-state index in [1.807, 2.05) is 29.6 Å². The second kappa shape index (κ2) is 4.62. The SMILES string of the molecule is Nc1ccc(OCc2nccs2)c2ncccc12. The first-order valence-corrected chi connectivity index (χ1v) is 6.37. The third-order valence-corrected chi connectivity index (χ3v) is 3.35. The van der Waals surface area contributed by atoms with E-state index in [2.05, 4.69) is 9.97 Å². The molecule has 0 saturated carbocycles. The Kier molecular flexibility index (Phi) is 2.82. The second-order valence-corrected chi connectivity index (χ2v) is 4.75. The van der Waals surface area contributed by atoms with E-state index >= 15 is 0 Å². The van der Waals surface area contributed by atoms with Crippen molar-refractivity contribution in [1.29, 1.82) is 0 Å². The van der Waals surface area contributed by atoms with Gasteiger partial charge in [0.25, 0.3) is 0 Å². The Balaban J connectivity index is 1.94. The average molecular weight is 257 g/mol. The first-order valence-electron chi connectivity index (χ1n) is 5.49. The van der Waals surface area contributed by atoms with Gasteiger partial charge in [0, 0.05) is 28.8 Å². The van der Waals surface area contributed by atoms with Gasteiger partial charge in [-0.25, -0.2) is 4.98 Å². The van der Waals surface area contributed by atoms with Crippen LogP contribution in [0.5, 0.6) is 5.75 Å². The van der Waals surface area contributed by atoms with E-state index in [4.69, 9.17) is 10.5 Å². The predicted molar refractivity (Wildman–Crippen MR) is 72.6 cm³/mol. The molecule has 0 saturated heterocycles. The van der Waals surface area contributed by atoms with Crippen molar-refractivity contribution in [3.8, 4) is 5.75 Å². The number of nitrogen functional groups attached to an aromatic ring is 1. The molecule has 0 radical (unpaired) electrons.